The highest BCUT2D eigenvalue weighted by Gasteiger charge is 2.21. The first-order valence-corrected chi connectivity index (χ1v) is 7.97. The molecule has 1 aliphatic heterocycles. The molecule has 2 N–H and O–H groups in total. The van der Waals surface area contributed by atoms with Crippen LogP contribution >= 0.6 is 0 Å². The first-order valence-electron chi connectivity index (χ1n) is 7.97. The van der Waals surface area contributed by atoms with Crippen LogP contribution in [0.1, 0.15) is 24.2 Å². The molecule has 0 aliphatic carbocycles. The molecule has 0 radical (unpaired) electrons. The summed E-state index contributed by atoms with van der Waals surface area (Å²) in [4.78, 5) is 18.5. The maximum absolute atomic E-state index is 12.0. The molecule has 0 bridgehead atoms. The number of aromatic nitrogens is 1. The summed E-state index contributed by atoms with van der Waals surface area (Å²) >= 11 is 0. The van der Waals surface area contributed by atoms with E-state index in [0.29, 0.717) is 6.54 Å². The van der Waals surface area contributed by atoms with Crippen molar-refractivity contribution in [2.45, 2.75) is 32.0 Å². The Kier molecular flexibility index (Phi) is 5.26. The lowest BCUT2D eigenvalue weighted by Crippen LogP contribution is -2.50. The maximum Gasteiger partial charge on any atom is 0.315 e. The van der Waals surface area contributed by atoms with Crippen molar-refractivity contribution < 1.29 is 9.21 Å². The van der Waals surface area contributed by atoms with Crippen LogP contribution in [0.3, 0.4) is 0 Å². The number of rotatable bonds is 5. The SMILES string of the molecule is O=C(NCc1ccco1)NC1CCCN(Cc2cccnc2)C1. The fourth-order valence-corrected chi connectivity index (χ4v) is 2.88. The zero-order valence-corrected chi connectivity index (χ0v) is 13.1. The molecule has 1 atom stereocenters. The molecule has 0 spiro atoms. The summed E-state index contributed by atoms with van der Waals surface area (Å²) in [5.41, 5.74) is 1.20. The Hall–Kier alpha value is -2.34. The molecule has 2 amide bonds. The zero-order chi connectivity index (χ0) is 15.9. The van der Waals surface area contributed by atoms with Crippen LogP contribution in [0.4, 0.5) is 4.79 Å². The van der Waals surface area contributed by atoms with E-state index in [1.54, 1.807) is 12.5 Å². The minimum absolute atomic E-state index is 0.144. The van der Waals surface area contributed by atoms with Crippen LogP contribution in [0.5, 0.6) is 0 Å². The molecule has 0 saturated carbocycles. The van der Waals surface area contributed by atoms with Gasteiger partial charge < -0.3 is 15.1 Å². The predicted molar refractivity (Wildman–Crippen MR) is 86.6 cm³/mol. The lowest BCUT2D eigenvalue weighted by molar-refractivity contribution is 0.180. The third-order valence-corrected chi connectivity index (χ3v) is 3.97. The summed E-state index contributed by atoms with van der Waals surface area (Å²) in [6.07, 6.45) is 7.38. The summed E-state index contributed by atoms with van der Waals surface area (Å²) in [6.45, 7) is 3.20. The fraction of sp³-hybridized carbons (Fsp3) is 0.412. The third-order valence-electron chi connectivity index (χ3n) is 3.97. The van der Waals surface area contributed by atoms with Crippen LogP contribution in [0.2, 0.25) is 0 Å². The minimum Gasteiger partial charge on any atom is -0.467 e. The number of pyridine rings is 1. The summed E-state index contributed by atoms with van der Waals surface area (Å²) < 4.78 is 5.20. The number of furan rings is 1. The Bertz CT molecular complexity index is 600. The molecule has 1 saturated heterocycles. The first kappa shape index (κ1) is 15.6. The molecule has 3 heterocycles. The smallest absolute Gasteiger partial charge is 0.315 e. The molecule has 6 heteroatoms. The second-order valence-corrected chi connectivity index (χ2v) is 5.84. The quantitative estimate of drug-likeness (QED) is 0.887. The van der Waals surface area contributed by atoms with Gasteiger partial charge in [0.05, 0.1) is 12.8 Å². The van der Waals surface area contributed by atoms with Gasteiger partial charge in [0.25, 0.3) is 0 Å². The number of hydrogen-bond acceptors (Lipinski definition) is 4. The molecule has 0 aromatic carbocycles. The van der Waals surface area contributed by atoms with Gasteiger partial charge in [-0.15, -0.1) is 0 Å². The van der Waals surface area contributed by atoms with Gasteiger partial charge in [-0.05, 0) is 43.1 Å². The molecule has 2 aromatic heterocycles. The van der Waals surface area contributed by atoms with E-state index in [0.717, 1.165) is 38.2 Å². The van der Waals surface area contributed by atoms with E-state index in [4.69, 9.17) is 4.42 Å². The van der Waals surface area contributed by atoms with Crippen molar-refractivity contribution in [2.24, 2.45) is 0 Å². The van der Waals surface area contributed by atoms with Gasteiger partial charge in [-0.25, -0.2) is 4.79 Å². The molecule has 1 unspecified atom stereocenters. The van der Waals surface area contributed by atoms with Crippen molar-refractivity contribution in [3.05, 3.63) is 54.2 Å². The summed E-state index contributed by atoms with van der Waals surface area (Å²) in [5, 5.41) is 5.87. The van der Waals surface area contributed by atoms with E-state index in [9.17, 15) is 4.79 Å². The second kappa shape index (κ2) is 7.78. The highest BCUT2D eigenvalue weighted by atomic mass is 16.3. The summed E-state index contributed by atoms with van der Waals surface area (Å²) in [5.74, 6) is 0.752. The fourth-order valence-electron chi connectivity index (χ4n) is 2.88. The lowest BCUT2D eigenvalue weighted by Gasteiger charge is -2.33. The van der Waals surface area contributed by atoms with Gasteiger partial charge in [0.2, 0.25) is 0 Å². The number of hydrogen-bond donors (Lipinski definition) is 2. The molecule has 3 rings (SSSR count). The van der Waals surface area contributed by atoms with Crippen molar-refractivity contribution in [1.29, 1.82) is 0 Å². The van der Waals surface area contributed by atoms with Crippen LogP contribution in [0, 0.1) is 0 Å². The van der Waals surface area contributed by atoms with E-state index in [1.165, 1.54) is 5.56 Å². The highest BCUT2D eigenvalue weighted by molar-refractivity contribution is 5.74. The van der Waals surface area contributed by atoms with Gasteiger partial charge in [-0.1, -0.05) is 6.07 Å². The van der Waals surface area contributed by atoms with Crippen LogP contribution < -0.4 is 10.6 Å². The molecular weight excluding hydrogens is 292 g/mol. The largest absolute Gasteiger partial charge is 0.467 e. The Morgan fingerprint density at radius 2 is 2.35 bits per heavy atom. The van der Waals surface area contributed by atoms with Crippen LogP contribution in [0.25, 0.3) is 0 Å². The molecular formula is C17H22N4O2. The maximum atomic E-state index is 12.0. The monoisotopic (exact) mass is 314 g/mol. The predicted octanol–water partition coefficient (Wildman–Crippen LogP) is 2.14. The average Bonchev–Trinajstić information content (AvgIpc) is 3.08. The zero-order valence-electron chi connectivity index (χ0n) is 13.1. The molecule has 122 valence electrons. The molecule has 1 fully saturated rings. The van der Waals surface area contributed by atoms with Gasteiger partial charge >= 0.3 is 6.03 Å². The van der Waals surface area contributed by atoms with Gasteiger partial charge in [0, 0.05) is 31.5 Å². The van der Waals surface area contributed by atoms with Crippen molar-refractivity contribution in [1.82, 2.24) is 20.5 Å². The summed E-state index contributed by atoms with van der Waals surface area (Å²) in [6, 6.07) is 7.73. The number of likely N-dealkylation sites (tertiary alicyclic amines) is 1. The number of nitrogens with one attached hydrogen (secondary N) is 2. The minimum atomic E-state index is -0.144. The third kappa shape index (κ3) is 4.82. The van der Waals surface area contributed by atoms with Crippen molar-refractivity contribution in [3.8, 4) is 0 Å². The van der Waals surface area contributed by atoms with Gasteiger partial charge in [-0.3, -0.25) is 9.88 Å². The molecule has 2 aromatic rings. The highest BCUT2D eigenvalue weighted by Crippen LogP contribution is 2.13. The lowest BCUT2D eigenvalue weighted by atomic mass is 10.1. The number of amides is 2. The normalized spacial score (nSPS) is 18.5. The number of carbonyl (C=O) groups excluding carboxylic acids is 1. The van der Waals surface area contributed by atoms with Crippen LogP contribution in [-0.2, 0) is 13.1 Å². The number of urea groups is 1. The number of piperidine rings is 1. The Morgan fingerprint density at radius 3 is 3.13 bits per heavy atom. The van der Waals surface area contributed by atoms with E-state index >= 15 is 0 Å². The van der Waals surface area contributed by atoms with E-state index < -0.39 is 0 Å². The van der Waals surface area contributed by atoms with E-state index in [1.807, 2.05) is 24.4 Å². The number of nitrogens with zero attached hydrogens (tertiary/aromatic N) is 2. The van der Waals surface area contributed by atoms with Crippen molar-refractivity contribution in [3.63, 3.8) is 0 Å². The topological polar surface area (TPSA) is 70.4 Å². The van der Waals surface area contributed by atoms with Crippen molar-refractivity contribution >= 4 is 6.03 Å². The summed E-state index contributed by atoms with van der Waals surface area (Å²) in [7, 11) is 0. The molecule has 23 heavy (non-hydrogen) atoms. The second-order valence-electron chi connectivity index (χ2n) is 5.84. The van der Waals surface area contributed by atoms with Crippen LogP contribution in [0.15, 0.2) is 47.3 Å². The van der Waals surface area contributed by atoms with Gasteiger partial charge in [-0.2, -0.15) is 0 Å². The molecule has 6 nitrogen and oxygen atoms in total. The van der Waals surface area contributed by atoms with Crippen LogP contribution in [-0.4, -0.2) is 35.0 Å². The van der Waals surface area contributed by atoms with Crippen molar-refractivity contribution in [2.75, 3.05) is 13.1 Å². The Balaban J connectivity index is 1.43. The standard InChI is InChI=1S/C17H22N4O2/c22-17(19-11-16-6-3-9-23-16)20-15-5-2-8-21(13-15)12-14-4-1-7-18-10-14/h1,3-4,6-7,9-10,15H,2,5,8,11-13H2,(H2,19,20,22). The molecule has 1 aliphatic rings. The van der Waals surface area contributed by atoms with E-state index in [2.05, 4.69) is 26.6 Å². The Labute approximate surface area is 135 Å². The van der Waals surface area contributed by atoms with Gasteiger partial charge in [0.15, 0.2) is 0 Å². The first-order chi connectivity index (χ1) is 11.3. The number of carbonyl (C=O) groups is 1. The average molecular weight is 314 g/mol. The Morgan fingerprint density at radius 1 is 1.39 bits per heavy atom. The van der Waals surface area contributed by atoms with Gasteiger partial charge in [0.1, 0.15) is 5.76 Å². The van der Waals surface area contributed by atoms with E-state index in [-0.39, 0.29) is 12.1 Å².